The number of hydrogen-bond donors (Lipinski definition) is 2. The summed E-state index contributed by atoms with van der Waals surface area (Å²) >= 11 is 0. The van der Waals surface area contributed by atoms with E-state index < -0.39 is 0 Å². The van der Waals surface area contributed by atoms with Crippen LogP contribution in [0.4, 0.5) is 11.4 Å². The first-order chi connectivity index (χ1) is 10.0. The maximum atomic E-state index is 5.93. The summed E-state index contributed by atoms with van der Waals surface area (Å²) in [6.07, 6.45) is 0.965. The Balaban J connectivity index is 2.17. The summed E-state index contributed by atoms with van der Waals surface area (Å²) in [4.78, 5) is 0. The molecule has 0 saturated carbocycles. The molecular weight excluding hydrogens is 266 g/mol. The van der Waals surface area contributed by atoms with Crippen molar-refractivity contribution < 1.29 is 9.26 Å². The maximum Gasteiger partial charge on any atom is 0.139 e. The van der Waals surface area contributed by atoms with Crippen LogP contribution in [0.25, 0.3) is 0 Å². The zero-order valence-electron chi connectivity index (χ0n) is 13.1. The van der Waals surface area contributed by atoms with Crippen molar-refractivity contribution in [1.29, 1.82) is 0 Å². The molecule has 2 rings (SSSR count). The highest BCUT2D eigenvalue weighted by atomic mass is 16.5. The third-order valence-corrected chi connectivity index (χ3v) is 3.31. The van der Waals surface area contributed by atoms with Gasteiger partial charge in [0.25, 0.3) is 0 Å². The van der Waals surface area contributed by atoms with E-state index in [2.05, 4.69) is 24.3 Å². The molecule has 114 valence electrons. The number of benzene rings is 1. The molecule has 0 bridgehead atoms. The fourth-order valence-electron chi connectivity index (χ4n) is 2.44. The lowest BCUT2D eigenvalue weighted by Crippen LogP contribution is -2.09. The third kappa shape index (κ3) is 3.68. The molecule has 5 nitrogen and oxygen atoms in total. The van der Waals surface area contributed by atoms with Crippen molar-refractivity contribution in [2.75, 3.05) is 17.7 Å². The van der Waals surface area contributed by atoms with E-state index in [9.17, 15) is 0 Å². The van der Waals surface area contributed by atoms with E-state index in [0.717, 1.165) is 34.9 Å². The fourth-order valence-corrected chi connectivity index (χ4v) is 2.44. The van der Waals surface area contributed by atoms with E-state index in [1.807, 2.05) is 32.0 Å². The molecule has 1 heterocycles. The monoisotopic (exact) mass is 289 g/mol. The number of nitrogens with one attached hydrogen (secondary N) is 1. The van der Waals surface area contributed by atoms with E-state index in [1.54, 1.807) is 0 Å². The lowest BCUT2D eigenvalue weighted by atomic mass is 10.1. The topological polar surface area (TPSA) is 73.3 Å². The number of hydrogen-bond acceptors (Lipinski definition) is 5. The Bertz CT molecular complexity index is 588. The molecule has 0 aliphatic heterocycles. The van der Waals surface area contributed by atoms with Crippen molar-refractivity contribution in [1.82, 2.24) is 5.16 Å². The van der Waals surface area contributed by atoms with Crippen LogP contribution in [0.3, 0.4) is 0 Å². The van der Waals surface area contributed by atoms with Gasteiger partial charge in [0.15, 0.2) is 0 Å². The summed E-state index contributed by atoms with van der Waals surface area (Å²) in [6.45, 7) is 8.69. The van der Waals surface area contributed by atoms with Crippen LogP contribution < -0.4 is 15.8 Å². The minimum atomic E-state index is 0.0806. The highest BCUT2D eigenvalue weighted by Crippen LogP contribution is 2.28. The summed E-state index contributed by atoms with van der Waals surface area (Å²) in [6, 6.07) is 5.77. The minimum Gasteiger partial charge on any atom is -0.493 e. The average Bonchev–Trinajstić information content (AvgIpc) is 2.75. The Morgan fingerprint density at radius 1 is 1.33 bits per heavy atom. The van der Waals surface area contributed by atoms with E-state index >= 15 is 0 Å². The number of ether oxygens (including phenoxy) is 1. The molecule has 0 spiro atoms. The van der Waals surface area contributed by atoms with Gasteiger partial charge in [0, 0.05) is 29.1 Å². The molecule has 0 aliphatic rings. The molecule has 5 heteroatoms. The van der Waals surface area contributed by atoms with Crippen LogP contribution in [0.2, 0.25) is 0 Å². The Kier molecular flexibility index (Phi) is 4.73. The lowest BCUT2D eigenvalue weighted by molar-refractivity contribution is 0.318. The first-order valence-electron chi connectivity index (χ1n) is 7.24. The number of nitrogen functional groups attached to an aromatic ring is 1. The molecule has 1 aromatic heterocycles. The summed E-state index contributed by atoms with van der Waals surface area (Å²) in [5, 5.41) is 7.41. The van der Waals surface area contributed by atoms with Crippen molar-refractivity contribution in [3.8, 4) is 5.75 Å². The highest BCUT2D eigenvalue weighted by Gasteiger charge is 2.16. The maximum absolute atomic E-state index is 5.93. The average molecular weight is 289 g/mol. The quantitative estimate of drug-likeness (QED) is 0.790. The fraction of sp³-hybridized carbons (Fsp3) is 0.438. The molecule has 21 heavy (non-hydrogen) atoms. The SMILES string of the molecule is CCCOc1cc(N)cc(NC(C)c2c(C)noc2C)c1. The molecule has 0 aliphatic carbocycles. The van der Waals surface area contributed by atoms with Gasteiger partial charge in [-0.25, -0.2) is 0 Å². The van der Waals surface area contributed by atoms with E-state index in [4.69, 9.17) is 15.0 Å². The molecule has 0 saturated heterocycles. The van der Waals surface area contributed by atoms with Crippen LogP contribution in [-0.2, 0) is 0 Å². The molecule has 0 amide bonds. The lowest BCUT2D eigenvalue weighted by Gasteiger charge is -2.17. The van der Waals surface area contributed by atoms with Crippen LogP contribution in [0, 0.1) is 13.8 Å². The predicted octanol–water partition coefficient (Wildman–Crippen LogP) is 3.84. The smallest absolute Gasteiger partial charge is 0.139 e. The van der Waals surface area contributed by atoms with Crippen LogP contribution >= 0.6 is 0 Å². The minimum absolute atomic E-state index is 0.0806. The van der Waals surface area contributed by atoms with Gasteiger partial charge in [-0.2, -0.15) is 0 Å². The molecule has 1 atom stereocenters. The number of aryl methyl sites for hydroxylation is 2. The van der Waals surface area contributed by atoms with Gasteiger partial charge in [-0.1, -0.05) is 12.1 Å². The molecule has 3 N–H and O–H groups in total. The van der Waals surface area contributed by atoms with E-state index in [0.29, 0.717) is 12.3 Å². The van der Waals surface area contributed by atoms with Gasteiger partial charge in [0.2, 0.25) is 0 Å². The second-order valence-electron chi connectivity index (χ2n) is 5.24. The zero-order valence-corrected chi connectivity index (χ0v) is 13.1. The van der Waals surface area contributed by atoms with Crippen molar-refractivity contribution in [3.63, 3.8) is 0 Å². The molecule has 1 unspecified atom stereocenters. The van der Waals surface area contributed by atoms with Crippen molar-refractivity contribution in [3.05, 3.63) is 35.2 Å². The van der Waals surface area contributed by atoms with E-state index in [-0.39, 0.29) is 6.04 Å². The van der Waals surface area contributed by atoms with Crippen molar-refractivity contribution in [2.45, 2.75) is 40.2 Å². The third-order valence-electron chi connectivity index (χ3n) is 3.31. The van der Waals surface area contributed by atoms with Crippen LogP contribution in [0.15, 0.2) is 22.7 Å². The zero-order chi connectivity index (χ0) is 15.4. The van der Waals surface area contributed by atoms with Gasteiger partial charge in [-0.15, -0.1) is 0 Å². The first kappa shape index (κ1) is 15.2. The number of nitrogens with zero attached hydrogens (tertiary/aromatic N) is 1. The summed E-state index contributed by atoms with van der Waals surface area (Å²) in [5.74, 6) is 1.61. The van der Waals surface area contributed by atoms with Crippen LogP contribution in [0.5, 0.6) is 5.75 Å². The number of nitrogens with two attached hydrogens (primary N) is 1. The van der Waals surface area contributed by atoms with Gasteiger partial charge in [-0.3, -0.25) is 0 Å². The van der Waals surface area contributed by atoms with Gasteiger partial charge in [0.05, 0.1) is 18.3 Å². The number of anilines is 2. The standard InChI is InChI=1S/C16H23N3O2/c1-5-6-20-15-8-13(17)7-14(9-15)18-10(2)16-11(3)19-21-12(16)4/h7-10,18H,5-6,17H2,1-4H3. The summed E-state index contributed by atoms with van der Waals surface area (Å²) in [7, 11) is 0. The predicted molar refractivity (Wildman–Crippen MR) is 84.7 cm³/mol. The second-order valence-corrected chi connectivity index (χ2v) is 5.24. The van der Waals surface area contributed by atoms with Gasteiger partial charge in [-0.05, 0) is 33.3 Å². The van der Waals surface area contributed by atoms with Gasteiger partial charge >= 0.3 is 0 Å². The Labute approximate surface area is 125 Å². The van der Waals surface area contributed by atoms with Crippen LogP contribution in [0.1, 0.15) is 43.3 Å². The molecule has 1 aromatic carbocycles. The number of rotatable bonds is 6. The van der Waals surface area contributed by atoms with Crippen molar-refractivity contribution >= 4 is 11.4 Å². The summed E-state index contributed by atoms with van der Waals surface area (Å²) in [5.41, 5.74) is 9.52. The largest absolute Gasteiger partial charge is 0.493 e. The molecule has 2 aromatic rings. The first-order valence-corrected chi connectivity index (χ1v) is 7.24. The van der Waals surface area contributed by atoms with Crippen molar-refractivity contribution in [2.24, 2.45) is 0 Å². The molecular formula is C16H23N3O2. The summed E-state index contributed by atoms with van der Waals surface area (Å²) < 4.78 is 10.9. The Morgan fingerprint density at radius 3 is 2.71 bits per heavy atom. The van der Waals surface area contributed by atoms with E-state index in [1.165, 1.54) is 0 Å². The number of aromatic nitrogens is 1. The molecule has 0 fully saturated rings. The molecule has 0 radical (unpaired) electrons. The van der Waals surface area contributed by atoms with Gasteiger partial charge < -0.3 is 20.3 Å². The Hall–Kier alpha value is -2.17. The van der Waals surface area contributed by atoms with Gasteiger partial charge in [0.1, 0.15) is 11.5 Å². The highest BCUT2D eigenvalue weighted by molar-refractivity contribution is 5.60. The van der Waals surface area contributed by atoms with Crippen LogP contribution in [-0.4, -0.2) is 11.8 Å². The Morgan fingerprint density at radius 2 is 2.10 bits per heavy atom. The normalized spacial score (nSPS) is 12.2. The second kappa shape index (κ2) is 6.52.